The van der Waals surface area contributed by atoms with Crippen LogP contribution in [0.1, 0.15) is 18.4 Å². The maximum atomic E-state index is 13.0. The first-order valence-electron chi connectivity index (χ1n) is 10.3. The van der Waals surface area contributed by atoms with Gasteiger partial charge in [0.15, 0.2) is 0 Å². The molecule has 1 aliphatic heterocycles. The molecule has 0 bridgehead atoms. The zero-order valence-electron chi connectivity index (χ0n) is 17.3. The van der Waals surface area contributed by atoms with E-state index in [4.69, 9.17) is 16.3 Å². The number of hydrogen-bond donors (Lipinski definition) is 1. The first kappa shape index (κ1) is 23.0. The number of ether oxygens (including phenoxy) is 1. The highest BCUT2D eigenvalue weighted by molar-refractivity contribution is 6.30. The molecular formula is C23H20ClF3N4O2. The highest BCUT2D eigenvalue weighted by Gasteiger charge is 2.31. The SMILES string of the molecule is O=C(OC[C@@H]1CCCN1)N(c1ccc(C(F)(F)F)cc1)c1nccc(-c2cccc(Cl)c2)n1. The summed E-state index contributed by atoms with van der Waals surface area (Å²) in [6.45, 7) is 0.972. The van der Waals surface area contributed by atoms with Gasteiger partial charge in [-0.25, -0.2) is 19.7 Å². The number of nitrogens with zero attached hydrogens (tertiary/aromatic N) is 3. The summed E-state index contributed by atoms with van der Waals surface area (Å²) < 4.78 is 44.5. The van der Waals surface area contributed by atoms with Gasteiger partial charge in [0, 0.05) is 22.8 Å². The van der Waals surface area contributed by atoms with E-state index in [-0.39, 0.29) is 24.3 Å². The Balaban J connectivity index is 1.67. The van der Waals surface area contributed by atoms with Gasteiger partial charge in [-0.3, -0.25) is 0 Å². The maximum absolute atomic E-state index is 13.0. The summed E-state index contributed by atoms with van der Waals surface area (Å²) >= 11 is 6.07. The molecule has 2 aromatic carbocycles. The molecule has 1 N–H and O–H groups in total. The summed E-state index contributed by atoms with van der Waals surface area (Å²) in [5.74, 6) is -0.0309. The minimum atomic E-state index is -4.50. The Morgan fingerprint density at radius 2 is 1.97 bits per heavy atom. The predicted octanol–water partition coefficient (Wildman–Crippen LogP) is 5.84. The number of alkyl halides is 3. The largest absolute Gasteiger partial charge is 0.447 e. The van der Waals surface area contributed by atoms with Crippen molar-refractivity contribution in [3.63, 3.8) is 0 Å². The van der Waals surface area contributed by atoms with E-state index in [2.05, 4.69) is 15.3 Å². The Labute approximate surface area is 193 Å². The van der Waals surface area contributed by atoms with Crippen LogP contribution in [0, 0.1) is 0 Å². The van der Waals surface area contributed by atoms with Gasteiger partial charge in [0.05, 0.1) is 16.9 Å². The lowest BCUT2D eigenvalue weighted by atomic mass is 10.1. The van der Waals surface area contributed by atoms with E-state index in [9.17, 15) is 18.0 Å². The van der Waals surface area contributed by atoms with E-state index < -0.39 is 17.8 Å². The standard InChI is InChI=1S/C23H20ClF3N4O2/c24-17-4-1-3-15(13-17)20-10-12-29-21(30-20)31(22(32)33-14-18-5-2-11-28-18)19-8-6-16(7-9-19)23(25,26)27/h1,3-4,6-10,12-13,18,28H,2,5,11,14H2/t18-/m0/s1. The Morgan fingerprint density at radius 1 is 1.18 bits per heavy atom. The Kier molecular flexibility index (Phi) is 6.80. The second-order valence-corrected chi connectivity index (χ2v) is 7.94. The van der Waals surface area contributed by atoms with Crippen LogP contribution in [-0.4, -0.2) is 35.3 Å². The number of hydrogen-bond acceptors (Lipinski definition) is 5. The highest BCUT2D eigenvalue weighted by Crippen LogP contribution is 2.32. The van der Waals surface area contributed by atoms with Gasteiger partial charge in [0.1, 0.15) is 6.61 Å². The average molecular weight is 477 g/mol. The molecular weight excluding hydrogens is 457 g/mol. The third-order valence-corrected chi connectivity index (χ3v) is 5.40. The van der Waals surface area contributed by atoms with E-state index in [0.717, 1.165) is 36.4 Å². The topological polar surface area (TPSA) is 67.3 Å². The summed E-state index contributed by atoms with van der Waals surface area (Å²) in [4.78, 5) is 22.7. The zero-order valence-corrected chi connectivity index (χ0v) is 18.1. The number of rotatable bonds is 5. The quantitative estimate of drug-likeness (QED) is 0.501. The average Bonchev–Trinajstić information content (AvgIpc) is 3.32. The first-order chi connectivity index (χ1) is 15.8. The molecule has 0 aliphatic carbocycles. The lowest BCUT2D eigenvalue weighted by Gasteiger charge is -2.22. The van der Waals surface area contributed by atoms with Crippen molar-refractivity contribution in [1.82, 2.24) is 15.3 Å². The molecule has 0 radical (unpaired) electrons. The van der Waals surface area contributed by atoms with Crippen LogP contribution < -0.4 is 10.2 Å². The smallest absolute Gasteiger partial charge is 0.421 e. The van der Waals surface area contributed by atoms with E-state index in [1.807, 2.05) is 0 Å². The van der Waals surface area contributed by atoms with Crippen LogP contribution in [0.25, 0.3) is 11.3 Å². The van der Waals surface area contributed by atoms with Crippen LogP contribution in [-0.2, 0) is 10.9 Å². The number of halogens is 4. The molecule has 1 aromatic heterocycles. The maximum Gasteiger partial charge on any atom is 0.421 e. The van der Waals surface area contributed by atoms with Crippen molar-refractivity contribution in [2.24, 2.45) is 0 Å². The second-order valence-electron chi connectivity index (χ2n) is 7.50. The van der Waals surface area contributed by atoms with Crippen molar-refractivity contribution in [2.45, 2.75) is 25.1 Å². The molecule has 172 valence electrons. The van der Waals surface area contributed by atoms with Crippen LogP contribution in [0.15, 0.2) is 60.8 Å². The van der Waals surface area contributed by atoms with Crippen LogP contribution in [0.5, 0.6) is 0 Å². The molecule has 33 heavy (non-hydrogen) atoms. The molecule has 0 saturated carbocycles. The molecule has 1 amide bonds. The Hall–Kier alpha value is -3.17. The number of amides is 1. The number of anilines is 2. The van der Waals surface area contributed by atoms with Gasteiger partial charge in [0.25, 0.3) is 0 Å². The molecule has 1 fully saturated rings. The fraction of sp³-hybridized carbons (Fsp3) is 0.261. The van der Waals surface area contributed by atoms with Crippen molar-refractivity contribution < 1.29 is 22.7 Å². The molecule has 0 unspecified atom stereocenters. The summed E-state index contributed by atoms with van der Waals surface area (Å²) in [6.07, 6.45) is -1.97. The fourth-order valence-corrected chi connectivity index (χ4v) is 3.69. The van der Waals surface area contributed by atoms with Crippen molar-refractivity contribution in [1.29, 1.82) is 0 Å². The van der Waals surface area contributed by atoms with Crippen molar-refractivity contribution in [3.8, 4) is 11.3 Å². The predicted molar refractivity (Wildman–Crippen MR) is 118 cm³/mol. The van der Waals surface area contributed by atoms with E-state index in [0.29, 0.717) is 16.3 Å². The molecule has 6 nitrogen and oxygen atoms in total. The van der Waals surface area contributed by atoms with Gasteiger partial charge < -0.3 is 10.1 Å². The van der Waals surface area contributed by atoms with E-state index in [1.54, 1.807) is 30.3 Å². The van der Waals surface area contributed by atoms with Crippen LogP contribution >= 0.6 is 11.6 Å². The third-order valence-electron chi connectivity index (χ3n) is 5.17. The summed E-state index contributed by atoms with van der Waals surface area (Å²) in [6, 6.07) is 12.8. The molecule has 0 spiro atoms. The lowest BCUT2D eigenvalue weighted by Crippen LogP contribution is -2.34. The number of carbonyl (C=O) groups is 1. The second kappa shape index (κ2) is 9.76. The molecule has 3 aromatic rings. The van der Waals surface area contributed by atoms with Gasteiger partial charge >= 0.3 is 12.3 Å². The highest BCUT2D eigenvalue weighted by atomic mass is 35.5. The summed E-state index contributed by atoms with van der Waals surface area (Å²) in [5.41, 5.74) is 0.505. The lowest BCUT2D eigenvalue weighted by molar-refractivity contribution is -0.137. The van der Waals surface area contributed by atoms with Gasteiger partial charge in [-0.05, 0) is 61.9 Å². The molecule has 1 aliphatic rings. The number of benzene rings is 2. The molecule has 2 heterocycles. The number of aromatic nitrogens is 2. The summed E-state index contributed by atoms with van der Waals surface area (Å²) in [7, 11) is 0. The molecule has 1 atom stereocenters. The Morgan fingerprint density at radius 3 is 2.64 bits per heavy atom. The van der Waals surface area contributed by atoms with Crippen LogP contribution in [0.3, 0.4) is 0 Å². The zero-order chi connectivity index (χ0) is 23.4. The van der Waals surface area contributed by atoms with Crippen LogP contribution in [0.4, 0.5) is 29.6 Å². The Bertz CT molecular complexity index is 1120. The van der Waals surface area contributed by atoms with Gasteiger partial charge in [-0.2, -0.15) is 13.2 Å². The monoisotopic (exact) mass is 476 g/mol. The minimum Gasteiger partial charge on any atom is -0.447 e. The normalized spacial score (nSPS) is 15.9. The summed E-state index contributed by atoms with van der Waals surface area (Å²) in [5, 5.41) is 3.74. The molecule has 10 heteroatoms. The van der Waals surface area contributed by atoms with Crippen LogP contribution in [0.2, 0.25) is 5.02 Å². The number of carbonyl (C=O) groups excluding carboxylic acids is 1. The van der Waals surface area contributed by atoms with Gasteiger partial charge in [-0.1, -0.05) is 23.7 Å². The van der Waals surface area contributed by atoms with Crippen molar-refractivity contribution >= 4 is 29.3 Å². The van der Waals surface area contributed by atoms with Crippen molar-refractivity contribution in [3.05, 3.63) is 71.4 Å². The van der Waals surface area contributed by atoms with Gasteiger partial charge in [-0.15, -0.1) is 0 Å². The van der Waals surface area contributed by atoms with Crippen molar-refractivity contribution in [2.75, 3.05) is 18.1 Å². The fourth-order valence-electron chi connectivity index (χ4n) is 3.50. The molecule has 4 rings (SSSR count). The third kappa shape index (κ3) is 5.61. The van der Waals surface area contributed by atoms with Gasteiger partial charge in [0.2, 0.25) is 5.95 Å². The minimum absolute atomic E-state index is 0.0297. The molecule has 1 saturated heterocycles. The van der Waals surface area contributed by atoms with E-state index >= 15 is 0 Å². The first-order valence-corrected chi connectivity index (χ1v) is 10.7. The van der Waals surface area contributed by atoms with E-state index in [1.165, 1.54) is 18.3 Å². The number of nitrogens with one attached hydrogen (secondary N) is 1.